The Bertz CT molecular complexity index is 526. The van der Waals surface area contributed by atoms with Crippen LogP contribution in [0.15, 0.2) is 58.9 Å². The highest BCUT2D eigenvalue weighted by atomic mass is 32.2. The lowest BCUT2D eigenvalue weighted by Crippen LogP contribution is -2.02. The molecule has 84 valence electrons. The zero-order valence-electron chi connectivity index (χ0n) is 8.33. The van der Waals surface area contributed by atoms with Crippen LogP contribution in [-0.2, 0) is 14.6 Å². The van der Waals surface area contributed by atoms with Gasteiger partial charge < -0.3 is 5.11 Å². The lowest BCUT2D eigenvalue weighted by atomic mass is 10.4. The first-order valence-electron chi connectivity index (χ1n) is 4.34. The summed E-state index contributed by atoms with van der Waals surface area (Å²) in [6.45, 7) is 3.34. The van der Waals surface area contributed by atoms with Crippen molar-refractivity contribution in [2.45, 2.75) is 4.90 Å². The van der Waals surface area contributed by atoms with E-state index in [0.29, 0.717) is 0 Å². The number of rotatable bonds is 4. The molecule has 0 unspecified atom stereocenters. The van der Waals surface area contributed by atoms with Gasteiger partial charge in [-0.25, -0.2) is 13.2 Å². The van der Waals surface area contributed by atoms with Gasteiger partial charge in [-0.15, -0.1) is 0 Å². The van der Waals surface area contributed by atoms with E-state index >= 15 is 0 Å². The zero-order chi connectivity index (χ0) is 12.2. The molecule has 0 heterocycles. The average molecular weight is 238 g/mol. The summed E-state index contributed by atoms with van der Waals surface area (Å²) in [6, 6.07) is 7.71. The van der Waals surface area contributed by atoms with E-state index in [0.717, 1.165) is 12.2 Å². The van der Waals surface area contributed by atoms with E-state index in [-0.39, 0.29) is 9.80 Å². The van der Waals surface area contributed by atoms with E-state index in [9.17, 15) is 13.2 Å². The van der Waals surface area contributed by atoms with E-state index in [4.69, 9.17) is 5.11 Å². The van der Waals surface area contributed by atoms with Gasteiger partial charge >= 0.3 is 5.97 Å². The van der Waals surface area contributed by atoms with Crippen LogP contribution in [0.25, 0.3) is 0 Å². The van der Waals surface area contributed by atoms with Crippen LogP contribution >= 0.6 is 0 Å². The van der Waals surface area contributed by atoms with Crippen molar-refractivity contribution in [1.29, 1.82) is 0 Å². The number of hydrogen-bond acceptors (Lipinski definition) is 3. The van der Waals surface area contributed by atoms with Crippen LogP contribution in [0.1, 0.15) is 0 Å². The molecule has 1 N–H and O–H groups in total. The van der Waals surface area contributed by atoms with Crippen LogP contribution in [-0.4, -0.2) is 19.5 Å². The maximum absolute atomic E-state index is 11.8. The van der Waals surface area contributed by atoms with Gasteiger partial charge in [0.25, 0.3) is 0 Å². The summed E-state index contributed by atoms with van der Waals surface area (Å²) in [5.74, 6) is -1.22. The quantitative estimate of drug-likeness (QED) is 0.639. The number of carbonyl (C=O) groups is 1. The van der Waals surface area contributed by atoms with Crippen LogP contribution in [0.2, 0.25) is 0 Å². The molecular formula is C11H10O4S. The third kappa shape index (κ3) is 2.80. The summed E-state index contributed by atoms with van der Waals surface area (Å²) in [5.41, 5.74) is 0. The van der Waals surface area contributed by atoms with Crippen molar-refractivity contribution >= 4 is 15.8 Å². The summed E-state index contributed by atoms with van der Waals surface area (Å²) in [4.78, 5) is 10.1. The first-order valence-corrected chi connectivity index (χ1v) is 5.83. The standard InChI is InChI=1S/C11H10O4S/c1-9(7-8-11(12)13)16(14,15)10-5-3-2-4-6-10/h2-8H,1H2,(H,12,13). The second kappa shape index (κ2) is 4.76. The Morgan fingerprint density at radius 1 is 1.19 bits per heavy atom. The van der Waals surface area contributed by atoms with Gasteiger partial charge in [0.05, 0.1) is 9.80 Å². The predicted molar refractivity (Wildman–Crippen MR) is 59.5 cm³/mol. The summed E-state index contributed by atoms with van der Waals surface area (Å²) >= 11 is 0. The third-order valence-electron chi connectivity index (χ3n) is 1.81. The third-order valence-corrected chi connectivity index (χ3v) is 3.53. The maximum atomic E-state index is 11.8. The van der Waals surface area contributed by atoms with Gasteiger partial charge in [-0.2, -0.15) is 0 Å². The number of allylic oxidation sites excluding steroid dienone is 1. The fourth-order valence-corrected chi connectivity index (χ4v) is 2.07. The molecule has 0 bridgehead atoms. The molecule has 0 saturated heterocycles. The fraction of sp³-hybridized carbons (Fsp3) is 0. The minimum atomic E-state index is -3.68. The Morgan fingerprint density at radius 3 is 2.25 bits per heavy atom. The number of carboxylic acids is 1. The summed E-state index contributed by atoms with van der Waals surface area (Å²) < 4.78 is 23.6. The molecule has 0 saturated carbocycles. The van der Waals surface area contributed by atoms with E-state index in [1.807, 2.05) is 0 Å². The molecule has 0 spiro atoms. The normalized spacial score (nSPS) is 11.5. The van der Waals surface area contributed by atoms with Crippen LogP contribution in [0, 0.1) is 0 Å². The van der Waals surface area contributed by atoms with Crippen LogP contribution in [0.3, 0.4) is 0 Å². The molecule has 0 aliphatic heterocycles. The molecule has 1 rings (SSSR count). The molecule has 0 aromatic heterocycles. The molecule has 0 atom stereocenters. The second-order valence-electron chi connectivity index (χ2n) is 2.95. The van der Waals surface area contributed by atoms with Crippen molar-refractivity contribution in [1.82, 2.24) is 0 Å². The highest BCUT2D eigenvalue weighted by Crippen LogP contribution is 2.17. The molecule has 1 aromatic rings. The molecular weight excluding hydrogens is 228 g/mol. The van der Waals surface area contributed by atoms with Gasteiger partial charge in [-0.3, -0.25) is 0 Å². The predicted octanol–water partition coefficient (Wildman–Crippen LogP) is 1.61. The van der Waals surface area contributed by atoms with Crippen molar-refractivity contribution in [3.8, 4) is 0 Å². The Kier molecular flexibility index (Phi) is 3.63. The number of hydrogen-bond donors (Lipinski definition) is 1. The first-order chi connectivity index (χ1) is 7.44. The van der Waals surface area contributed by atoms with Gasteiger partial charge in [0.15, 0.2) is 0 Å². The van der Waals surface area contributed by atoms with E-state index in [2.05, 4.69) is 6.58 Å². The molecule has 1 aromatic carbocycles. The van der Waals surface area contributed by atoms with E-state index in [1.54, 1.807) is 18.2 Å². The molecule has 0 amide bonds. The first kappa shape index (κ1) is 12.2. The zero-order valence-corrected chi connectivity index (χ0v) is 9.15. The number of aliphatic carboxylic acids is 1. The smallest absolute Gasteiger partial charge is 0.328 e. The van der Waals surface area contributed by atoms with Gasteiger partial charge in [0.1, 0.15) is 0 Å². The summed E-state index contributed by atoms with van der Waals surface area (Å²) in [5, 5.41) is 8.38. The van der Waals surface area contributed by atoms with Gasteiger partial charge in [0, 0.05) is 6.08 Å². The highest BCUT2D eigenvalue weighted by Gasteiger charge is 2.16. The summed E-state index contributed by atoms with van der Waals surface area (Å²) in [6.07, 6.45) is 1.70. The van der Waals surface area contributed by atoms with Crippen LogP contribution in [0.5, 0.6) is 0 Å². The molecule has 0 aliphatic carbocycles. The summed E-state index contributed by atoms with van der Waals surface area (Å²) in [7, 11) is -3.68. The average Bonchev–Trinajstić information content (AvgIpc) is 2.27. The lowest BCUT2D eigenvalue weighted by Gasteiger charge is -2.02. The molecule has 0 aliphatic rings. The largest absolute Gasteiger partial charge is 0.478 e. The van der Waals surface area contributed by atoms with Crippen molar-refractivity contribution in [3.05, 3.63) is 54.0 Å². The van der Waals surface area contributed by atoms with Crippen molar-refractivity contribution in [2.75, 3.05) is 0 Å². The molecule has 0 radical (unpaired) electrons. The molecule has 0 fully saturated rings. The van der Waals surface area contributed by atoms with E-state index < -0.39 is 15.8 Å². The lowest BCUT2D eigenvalue weighted by molar-refractivity contribution is -0.131. The fourth-order valence-electron chi connectivity index (χ4n) is 1.00. The van der Waals surface area contributed by atoms with Crippen molar-refractivity contribution in [2.24, 2.45) is 0 Å². The monoisotopic (exact) mass is 238 g/mol. The Morgan fingerprint density at radius 2 is 1.75 bits per heavy atom. The number of carboxylic acid groups (broad SMARTS) is 1. The second-order valence-corrected chi connectivity index (χ2v) is 4.96. The Hall–Kier alpha value is -1.88. The number of sulfone groups is 1. The van der Waals surface area contributed by atoms with Crippen LogP contribution in [0.4, 0.5) is 0 Å². The van der Waals surface area contributed by atoms with Gasteiger partial charge in [-0.1, -0.05) is 24.8 Å². The van der Waals surface area contributed by atoms with E-state index in [1.165, 1.54) is 12.1 Å². The van der Waals surface area contributed by atoms with Gasteiger partial charge in [-0.05, 0) is 18.2 Å². The highest BCUT2D eigenvalue weighted by molar-refractivity contribution is 7.95. The molecule has 16 heavy (non-hydrogen) atoms. The Balaban J connectivity index is 3.05. The topological polar surface area (TPSA) is 71.4 Å². The minimum Gasteiger partial charge on any atom is -0.478 e. The van der Waals surface area contributed by atoms with Crippen LogP contribution < -0.4 is 0 Å². The Labute approximate surface area is 93.5 Å². The van der Waals surface area contributed by atoms with Crippen molar-refractivity contribution in [3.63, 3.8) is 0 Å². The van der Waals surface area contributed by atoms with Crippen molar-refractivity contribution < 1.29 is 18.3 Å². The number of benzene rings is 1. The minimum absolute atomic E-state index is 0.0926. The SMILES string of the molecule is C=C(C=CC(=O)O)S(=O)(=O)c1ccccc1. The van der Waals surface area contributed by atoms with Gasteiger partial charge in [0.2, 0.25) is 9.84 Å². The maximum Gasteiger partial charge on any atom is 0.328 e. The molecule has 5 heteroatoms. The molecule has 4 nitrogen and oxygen atoms in total.